The third-order valence-corrected chi connectivity index (χ3v) is 5.87. The Morgan fingerprint density at radius 3 is 2.50 bits per heavy atom. The van der Waals surface area contributed by atoms with Gasteiger partial charge in [-0.2, -0.15) is 10.2 Å². The molecule has 1 aliphatic rings. The smallest absolute Gasteiger partial charge is 0.135 e. The van der Waals surface area contributed by atoms with Gasteiger partial charge in [-0.1, -0.05) is 6.92 Å². The molecule has 1 aliphatic carbocycles. The van der Waals surface area contributed by atoms with Gasteiger partial charge < -0.3 is 0 Å². The van der Waals surface area contributed by atoms with Crippen molar-refractivity contribution in [3.05, 3.63) is 54.0 Å². The monoisotopic (exact) mass is 379 g/mol. The van der Waals surface area contributed by atoms with Crippen LogP contribution in [-0.2, 0) is 12.5 Å². The van der Waals surface area contributed by atoms with Crippen molar-refractivity contribution in [3.8, 4) is 22.5 Å². The lowest BCUT2D eigenvalue weighted by atomic mass is 9.91. The summed E-state index contributed by atoms with van der Waals surface area (Å²) in [6.45, 7) is 2.06. The van der Waals surface area contributed by atoms with Crippen LogP contribution in [-0.4, -0.2) is 25.0 Å². The first-order valence-electron chi connectivity index (χ1n) is 9.34. The molecule has 0 radical (unpaired) electrons. The van der Waals surface area contributed by atoms with Crippen molar-refractivity contribution in [2.24, 2.45) is 7.05 Å². The Morgan fingerprint density at radius 2 is 1.89 bits per heavy atom. The van der Waals surface area contributed by atoms with E-state index in [1.54, 1.807) is 23.1 Å². The molecule has 7 heteroatoms. The second-order valence-electron chi connectivity index (χ2n) is 7.54. The SMILES string of the molecule is CCC1(c2cc(F)c(-c3cc4c(-c5cnn(C)c5)n[nH]c4cn3)c(F)c2)CC1. The van der Waals surface area contributed by atoms with Crippen molar-refractivity contribution in [2.75, 3.05) is 0 Å². The van der Waals surface area contributed by atoms with Crippen LogP contribution < -0.4 is 0 Å². The summed E-state index contributed by atoms with van der Waals surface area (Å²) in [6.07, 6.45) is 7.94. The van der Waals surface area contributed by atoms with Crippen LogP contribution in [0.3, 0.4) is 0 Å². The van der Waals surface area contributed by atoms with E-state index < -0.39 is 11.6 Å². The van der Waals surface area contributed by atoms with Gasteiger partial charge in [0.25, 0.3) is 0 Å². The second kappa shape index (κ2) is 5.95. The van der Waals surface area contributed by atoms with Crippen LogP contribution in [0.15, 0.2) is 36.8 Å². The van der Waals surface area contributed by atoms with Gasteiger partial charge in [-0.05, 0) is 48.4 Å². The van der Waals surface area contributed by atoms with Crippen LogP contribution in [0.1, 0.15) is 31.7 Å². The molecule has 0 amide bonds. The summed E-state index contributed by atoms with van der Waals surface area (Å²) >= 11 is 0. The number of aromatic nitrogens is 5. The Labute approximate surface area is 160 Å². The van der Waals surface area contributed by atoms with E-state index in [0.717, 1.165) is 35.8 Å². The van der Waals surface area contributed by atoms with E-state index in [9.17, 15) is 8.78 Å². The number of aryl methyl sites for hydroxylation is 1. The van der Waals surface area contributed by atoms with Crippen LogP contribution in [0.25, 0.3) is 33.4 Å². The third-order valence-electron chi connectivity index (χ3n) is 5.87. The van der Waals surface area contributed by atoms with Crippen molar-refractivity contribution in [3.63, 3.8) is 0 Å². The number of halogens is 2. The molecule has 4 aromatic rings. The van der Waals surface area contributed by atoms with Gasteiger partial charge in [0.05, 0.1) is 29.2 Å². The van der Waals surface area contributed by atoms with Gasteiger partial charge in [0.1, 0.15) is 17.3 Å². The molecule has 0 bridgehead atoms. The minimum Gasteiger partial charge on any atom is -0.276 e. The Bertz CT molecular complexity index is 1180. The van der Waals surface area contributed by atoms with Crippen LogP contribution in [0.5, 0.6) is 0 Å². The minimum absolute atomic E-state index is 0.0599. The zero-order chi connectivity index (χ0) is 19.5. The summed E-state index contributed by atoms with van der Waals surface area (Å²) in [5.74, 6) is -1.15. The molecule has 3 heterocycles. The molecule has 0 spiro atoms. The Balaban J connectivity index is 1.63. The standard InChI is InChI=1S/C21H19F2N5/c1-3-21(4-5-21)13-6-15(22)19(16(23)7-13)17-8-14-18(10-24-17)26-27-20(14)12-9-25-28(2)11-12/h6-11H,3-5H2,1-2H3,(H,26,27). The summed E-state index contributed by atoms with van der Waals surface area (Å²) in [6, 6.07) is 4.62. The van der Waals surface area contributed by atoms with Gasteiger partial charge in [0, 0.05) is 24.2 Å². The number of fused-ring (bicyclic) bond motifs is 1. The molecule has 0 unspecified atom stereocenters. The first kappa shape index (κ1) is 17.0. The predicted octanol–water partition coefficient (Wildman–Crippen LogP) is 4.75. The average molecular weight is 379 g/mol. The molecule has 28 heavy (non-hydrogen) atoms. The molecule has 1 saturated carbocycles. The number of nitrogens with zero attached hydrogens (tertiary/aromatic N) is 4. The van der Waals surface area contributed by atoms with E-state index in [-0.39, 0.29) is 16.7 Å². The van der Waals surface area contributed by atoms with Crippen LogP contribution >= 0.6 is 0 Å². The van der Waals surface area contributed by atoms with Gasteiger partial charge in [-0.25, -0.2) is 8.78 Å². The summed E-state index contributed by atoms with van der Waals surface area (Å²) in [5, 5.41) is 12.1. The number of hydrogen-bond acceptors (Lipinski definition) is 3. The van der Waals surface area contributed by atoms with E-state index >= 15 is 0 Å². The molecular formula is C21H19F2N5. The number of benzene rings is 1. The Hall–Kier alpha value is -3.09. The highest BCUT2D eigenvalue weighted by molar-refractivity contribution is 5.94. The Morgan fingerprint density at radius 1 is 1.14 bits per heavy atom. The lowest BCUT2D eigenvalue weighted by Crippen LogP contribution is -2.07. The lowest BCUT2D eigenvalue weighted by molar-refractivity contribution is 0.571. The largest absolute Gasteiger partial charge is 0.276 e. The molecular weight excluding hydrogens is 360 g/mol. The molecule has 5 nitrogen and oxygen atoms in total. The van der Waals surface area contributed by atoms with Crippen LogP contribution in [0.2, 0.25) is 0 Å². The normalized spacial score (nSPS) is 15.3. The van der Waals surface area contributed by atoms with E-state index in [1.165, 1.54) is 12.1 Å². The zero-order valence-corrected chi connectivity index (χ0v) is 15.6. The highest BCUT2D eigenvalue weighted by Gasteiger charge is 2.43. The minimum atomic E-state index is -0.576. The number of pyridine rings is 1. The second-order valence-corrected chi connectivity index (χ2v) is 7.54. The van der Waals surface area contributed by atoms with E-state index in [2.05, 4.69) is 27.2 Å². The van der Waals surface area contributed by atoms with Crippen LogP contribution in [0.4, 0.5) is 8.78 Å². The van der Waals surface area contributed by atoms with Crippen molar-refractivity contribution >= 4 is 10.9 Å². The summed E-state index contributed by atoms with van der Waals surface area (Å²) in [4.78, 5) is 4.27. The van der Waals surface area contributed by atoms with E-state index in [0.29, 0.717) is 11.2 Å². The molecule has 3 aromatic heterocycles. The average Bonchev–Trinajstić information content (AvgIpc) is 3.19. The maximum Gasteiger partial charge on any atom is 0.135 e. The number of hydrogen-bond donors (Lipinski definition) is 1. The molecule has 1 N–H and O–H groups in total. The van der Waals surface area contributed by atoms with Crippen molar-refractivity contribution < 1.29 is 8.78 Å². The predicted molar refractivity (Wildman–Crippen MR) is 103 cm³/mol. The van der Waals surface area contributed by atoms with Crippen molar-refractivity contribution in [2.45, 2.75) is 31.6 Å². The van der Waals surface area contributed by atoms with Crippen molar-refractivity contribution in [1.82, 2.24) is 25.0 Å². The molecule has 0 atom stereocenters. The summed E-state index contributed by atoms with van der Waals surface area (Å²) in [5.41, 5.74) is 3.03. The van der Waals surface area contributed by atoms with Gasteiger partial charge in [-0.15, -0.1) is 0 Å². The van der Waals surface area contributed by atoms with Crippen molar-refractivity contribution in [1.29, 1.82) is 0 Å². The zero-order valence-electron chi connectivity index (χ0n) is 15.6. The summed E-state index contributed by atoms with van der Waals surface area (Å²) in [7, 11) is 1.82. The lowest BCUT2D eigenvalue weighted by Gasteiger charge is -2.15. The van der Waals surface area contributed by atoms with E-state index in [4.69, 9.17) is 0 Å². The van der Waals surface area contributed by atoms with E-state index in [1.807, 2.05) is 13.2 Å². The fourth-order valence-electron chi connectivity index (χ4n) is 3.94. The maximum atomic E-state index is 14.9. The van der Waals surface area contributed by atoms with Crippen LogP contribution in [0, 0.1) is 11.6 Å². The topological polar surface area (TPSA) is 59.4 Å². The molecule has 1 aromatic carbocycles. The maximum absolute atomic E-state index is 14.9. The number of aromatic amines is 1. The first-order valence-corrected chi connectivity index (χ1v) is 9.34. The fourth-order valence-corrected chi connectivity index (χ4v) is 3.94. The summed E-state index contributed by atoms with van der Waals surface area (Å²) < 4.78 is 31.5. The number of rotatable bonds is 4. The van der Waals surface area contributed by atoms with Gasteiger partial charge in [0.15, 0.2) is 0 Å². The fraction of sp³-hybridized carbons (Fsp3) is 0.286. The molecule has 5 rings (SSSR count). The highest BCUT2D eigenvalue weighted by Crippen LogP contribution is 2.51. The molecule has 0 aliphatic heterocycles. The van der Waals surface area contributed by atoms with Gasteiger partial charge in [0.2, 0.25) is 0 Å². The third kappa shape index (κ3) is 2.53. The number of nitrogens with one attached hydrogen (secondary N) is 1. The number of H-pyrrole nitrogens is 1. The quantitative estimate of drug-likeness (QED) is 0.557. The van der Waals surface area contributed by atoms with Gasteiger partial charge >= 0.3 is 0 Å². The molecule has 1 fully saturated rings. The molecule has 142 valence electrons. The van der Waals surface area contributed by atoms with Gasteiger partial charge in [-0.3, -0.25) is 14.8 Å². The Kier molecular flexibility index (Phi) is 3.62. The molecule has 0 saturated heterocycles. The highest BCUT2D eigenvalue weighted by atomic mass is 19.1. The first-order chi connectivity index (χ1) is 13.5.